The Balaban J connectivity index is 2.11. The average Bonchev–Trinajstić information content (AvgIpc) is 2.57. The normalized spacial score (nSPS) is 9.92. The summed E-state index contributed by atoms with van der Waals surface area (Å²) in [5.41, 5.74) is 0. The Bertz CT molecular complexity index is 247. The van der Waals surface area contributed by atoms with E-state index in [4.69, 9.17) is 0 Å². The maximum absolute atomic E-state index is 10.9. The molecule has 0 saturated heterocycles. The monoisotopic (exact) mass is 184 g/mol. The molecule has 2 N–H and O–H groups in total. The minimum absolute atomic E-state index is 0.0361. The Kier molecular flexibility index (Phi) is 3.90. The third-order valence-electron chi connectivity index (χ3n) is 1.42. The molecule has 1 amide bonds. The van der Waals surface area contributed by atoms with Crippen molar-refractivity contribution in [3.05, 3.63) is 12.2 Å². The number of carbonyl (C=O) groups excluding carboxylic acids is 1. The molecule has 0 aromatic carbocycles. The van der Waals surface area contributed by atoms with Gasteiger partial charge in [0.25, 0.3) is 0 Å². The maximum Gasteiger partial charge on any atom is 0.233 e. The van der Waals surface area contributed by atoms with Gasteiger partial charge in [0.15, 0.2) is 5.82 Å². The highest BCUT2D eigenvalue weighted by Crippen LogP contribution is 1.87. The third kappa shape index (κ3) is 3.66. The van der Waals surface area contributed by atoms with Crippen LogP contribution in [0.3, 0.4) is 0 Å². The Morgan fingerprint density at radius 2 is 2.54 bits per heavy atom. The first-order chi connectivity index (χ1) is 6.33. The van der Waals surface area contributed by atoms with Crippen LogP contribution in [0.25, 0.3) is 0 Å². The highest BCUT2D eigenvalue weighted by atomic mass is 16.5. The zero-order valence-electron chi connectivity index (χ0n) is 7.41. The van der Waals surface area contributed by atoms with Crippen LogP contribution in [0.4, 0.5) is 0 Å². The van der Waals surface area contributed by atoms with Crippen molar-refractivity contribution >= 4 is 5.91 Å². The van der Waals surface area contributed by atoms with Crippen LogP contribution in [0.2, 0.25) is 0 Å². The van der Waals surface area contributed by atoms with Gasteiger partial charge in [-0.2, -0.15) is 4.98 Å². The number of hydrogen-bond acceptors (Lipinski definition) is 5. The van der Waals surface area contributed by atoms with Gasteiger partial charge in [-0.05, 0) is 7.05 Å². The molecule has 0 aliphatic rings. The van der Waals surface area contributed by atoms with Gasteiger partial charge in [0.1, 0.15) is 0 Å². The number of rotatable bonds is 5. The Morgan fingerprint density at radius 3 is 3.15 bits per heavy atom. The molecule has 0 radical (unpaired) electrons. The van der Waals surface area contributed by atoms with Gasteiger partial charge in [-0.25, -0.2) is 0 Å². The van der Waals surface area contributed by atoms with Crippen molar-refractivity contribution in [3.8, 4) is 0 Å². The molecule has 0 fully saturated rings. The number of nitrogens with one attached hydrogen (secondary N) is 2. The standard InChI is InChI=1S/C7H12N4O2/c1-8-4-7(12)9-3-2-6-10-5-13-11-6/h5,8H,2-4H2,1H3,(H,9,12). The van der Waals surface area contributed by atoms with Gasteiger partial charge in [-0.1, -0.05) is 5.16 Å². The first-order valence-corrected chi connectivity index (χ1v) is 3.99. The van der Waals surface area contributed by atoms with Crippen molar-refractivity contribution in [1.82, 2.24) is 20.8 Å². The summed E-state index contributed by atoms with van der Waals surface area (Å²) < 4.78 is 4.53. The summed E-state index contributed by atoms with van der Waals surface area (Å²) >= 11 is 0. The first-order valence-electron chi connectivity index (χ1n) is 3.99. The molecule has 0 saturated carbocycles. The molecule has 0 bridgehead atoms. The number of aromatic nitrogens is 2. The summed E-state index contributed by atoms with van der Waals surface area (Å²) in [6, 6.07) is 0. The summed E-state index contributed by atoms with van der Waals surface area (Å²) in [4.78, 5) is 14.7. The topological polar surface area (TPSA) is 80.0 Å². The first kappa shape index (κ1) is 9.66. The van der Waals surface area contributed by atoms with Gasteiger partial charge in [0, 0.05) is 13.0 Å². The van der Waals surface area contributed by atoms with Crippen LogP contribution in [0.15, 0.2) is 10.9 Å². The van der Waals surface area contributed by atoms with E-state index < -0.39 is 0 Å². The van der Waals surface area contributed by atoms with E-state index in [9.17, 15) is 4.79 Å². The molecule has 1 aromatic heterocycles. The van der Waals surface area contributed by atoms with Crippen molar-refractivity contribution < 1.29 is 9.32 Å². The molecule has 6 heteroatoms. The van der Waals surface area contributed by atoms with E-state index in [0.29, 0.717) is 25.3 Å². The van der Waals surface area contributed by atoms with Crippen molar-refractivity contribution in [2.75, 3.05) is 20.1 Å². The Morgan fingerprint density at radius 1 is 1.69 bits per heavy atom. The van der Waals surface area contributed by atoms with E-state index >= 15 is 0 Å². The minimum atomic E-state index is -0.0361. The fourth-order valence-corrected chi connectivity index (χ4v) is 0.839. The molecule has 6 nitrogen and oxygen atoms in total. The van der Waals surface area contributed by atoms with Gasteiger partial charge in [0.05, 0.1) is 6.54 Å². The smallest absolute Gasteiger partial charge is 0.233 e. The van der Waals surface area contributed by atoms with E-state index in [-0.39, 0.29) is 5.91 Å². The van der Waals surface area contributed by atoms with Gasteiger partial charge >= 0.3 is 0 Å². The van der Waals surface area contributed by atoms with Crippen LogP contribution in [0, 0.1) is 0 Å². The zero-order chi connectivity index (χ0) is 9.52. The Hall–Kier alpha value is -1.43. The van der Waals surface area contributed by atoms with E-state index in [1.807, 2.05) is 0 Å². The number of likely N-dealkylation sites (N-methyl/N-ethyl adjacent to an activating group) is 1. The highest BCUT2D eigenvalue weighted by Gasteiger charge is 2.00. The summed E-state index contributed by atoms with van der Waals surface area (Å²) in [6.45, 7) is 0.853. The molecule has 0 aliphatic heterocycles. The van der Waals surface area contributed by atoms with Gasteiger partial charge < -0.3 is 15.2 Å². The van der Waals surface area contributed by atoms with E-state index in [1.165, 1.54) is 6.39 Å². The lowest BCUT2D eigenvalue weighted by Crippen LogP contribution is -2.33. The fourth-order valence-electron chi connectivity index (χ4n) is 0.839. The lowest BCUT2D eigenvalue weighted by Gasteiger charge is -2.01. The molecule has 0 spiro atoms. The molecule has 0 atom stereocenters. The molecule has 1 rings (SSSR count). The van der Waals surface area contributed by atoms with Crippen LogP contribution in [0.5, 0.6) is 0 Å². The lowest BCUT2D eigenvalue weighted by molar-refractivity contribution is -0.120. The largest absolute Gasteiger partial charge is 0.355 e. The number of amides is 1. The molecule has 0 aliphatic carbocycles. The fraction of sp³-hybridized carbons (Fsp3) is 0.571. The molecule has 13 heavy (non-hydrogen) atoms. The second-order valence-corrected chi connectivity index (χ2v) is 2.48. The van der Waals surface area contributed by atoms with Crippen LogP contribution in [0.1, 0.15) is 5.82 Å². The number of carbonyl (C=O) groups is 1. The minimum Gasteiger partial charge on any atom is -0.355 e. The number of hydrogen-bond donors (Lipinski definition) is 2. The van der Waals surface area contributed by atoms with Crippen molar-refractivity contribution in [2.24, 2.45) is 0 Å². The van der Waals surface area contributed by atoms with Crippen molar-refractivity contribution in [2.45, 2.75) is 6.42 Å². The van der Waals surface area contributed by atoms with E-state index in [2.05, 4.69) is 25.3 Å². The molecule has 0 unspecified atom stereocenters. The van der Waals surface area contributed by atoms with Crippen LogP contribution in [-0.4, -0.2) is 36.2 Å². The van der Waals surface area contributed by atoms with Crippen LogP contribution >= 0.6 is 0 Å². The maximum atomic E-state index is 10.9. The van der Waals surface area contributed by atoms with E-state index in [1.54, 1.807) is 7.05 Å². The van der Waals surface area contributed by atoms with Gasteiger partial charge in [0.2, 0.25) is 12.3 Å². The highest BCUT2D eigenvalue weighted by molar-refractivity contribution is 5.77. The SMILES string of the molecule is CNCC(=O)NCCc1ncon1. The van der Waals surface area contributed by atoms with Gasteiger partial charge in [-0.15, -0.1) is 0 Å². The second kappa shape index (κ2) is 5.26. The molecule has 1 heterocycles. The summed E-state index contributed by atoms with van der Waals surface area (Å²) in [6.07, 6.45) is 1.86. The van der Waals surface area contributed by atoms with Gasteiger partial charge in [-0.3, -0.25) is 4.79 Å². The zero-order valence-corrected chi connectivity index (χ0v) is 7.41. The summed E-state index contributed by atoms with van der Waals surface area (Å²) in [5, 5.41) is 9.05. The van der Waals surface area contributed by atoms with Crippen molar-refractivity contribution in [1.29, 1.82) is 0 Å². The quantitative estimate of drug-likeness (QED) is 0.610. The predicted molar refractivity (Wildman–Crippen MR) is 44.9 cm³/mol. The molecule has 72 valence electrons. The molecule has 1 aromatic rings. The third-order valence-corrected chi connectivity index (χ3v) is 1.42. The molecular weight excluding hydrogens is 172 g/mol. The molecular formula is C7H12N4O2. The van der Waals surface area contributed by atoms with Crippen LogP contribution < -0.4 is 10.6 Å². The number of nitrogens with zero attached hydrogens (tertiary/aromatic N) is 2. The summed E-state index contributed by atoms with van der Waals surface area (Å²) in [5.74, 6) is 0.566. The predicted octanol–water partition coefficient (Wildman–Crippen LogP) is -1.05. The Labute approximate surface area is 75.7 Å². The lowest BCUT2D eigenvalue weighted by atomic mass is 10.4. The van der Waals surface area contributed by atoms with E-state index in [0.717, 1.165) is 0 Å². The van der Waals surface area contributed by atoms with Crippen molar-refractivity contribution in [3.63, 3.8) is 0 Å². The van der Waals surface area contributed by atoms with Crippen LogP contribution in [-0.2, 0) is 11.2 Å². The average molecular weight is 184 g/mol. The summed E-state index contributed by atoms with van der Waals surface area (Å²) in [7, 11) is 1.72. The second-order valence-electron chi connectivity index (χ2n) is 2.48.